The molecular formula is C25H31NO2. The molecule has 3 heteroatoms. The van der Waals surface area contributed by atoms with Crippen LogP contribution >= 0.6 is 0 Å². The Kier molecular flexibility index (Phi) is 5.70. The lowest BCUT2D eigenvalue weighted by atomic mass is 9.63. The first-order valence-corrected chi connectivity index (χ1v) is 10.8. The summed E-state index contributed by atoms with van der Waals surface area (Å²) < 4.78 is 5.97. The Labute approximate surface area is 168 Å². The summed E-state index contributed by atoms with van der Waals surface area (Å²) in [5.41, 5.74) is 2.26. The molecule has 1 aliphatic carbocycles. The zero-order valence-electron chi connectivity index (χ0n) is 16.9. The highest BCUT2D eigenvalue weighted by Gasteiger charge is 2.48. The molecule has 2 aromatic rings. The maximum Gasteiger partial charge on any atom is 0.233 e. The second-order valence-corrected chi connectivity index (χ2v) is 8.37. The summed E-state index contributed by atoms with van der Waals surface area (Å²) in [7, 11) is 0. The van der Waals surface area contributed by atoms with Crippen LogP contribution < -0.4 is 4.74 Å². The molecule has 1 amide bonds. The van der Waals surface area contributed by atoms with Crippen LogP contribution in [0.5, 0.6) is 5.75 Å². The molecule has 28 heavy (non-hydrogen) atoms. The van der Waals surface area contributed by atoms with E-state index in [2.05, 4.69) is 36.1 Å². The second kappa shape index (κ2) is 8.38. The van der Waals surface area contributed by atoms with Crippen molar-refractivity contribution >= 4 is 5.91 Å². The average Bonchev–Trinajstić information content (AvgIpc) is 2.73. The van der Waals surface area contributed by atoms with E-state index in [1.54, 1.807) is 0 Å². The number of rotatable bonds is 6. The van der Waals surface area contributed by atoms with Gasteiger partial charge in [-0.15, -0.1) is 0 Å². The second-order valence-electron chi connectivity index (χ2n) is 8.37. The lowest BCUT2D eigenvalue weighted by Gasteiger charge is -2.46. The van der Waals surface area contributed by atoms with Crippen LogP contribution in [0.4, 0.5) is 0 Å². The van der Waals surface area contributed by atoms with Crippen LogP contribution in [0.2, 0.25) is 0 Å². The molecule has 1 saturated heterocycles. The Morgan fingerprint density at radius 2 is 1.82 bits per heavy atom. The molecule has 0 radical (unpaired) electrons. The molecule has 1 aliphatic heterocycles. The van der Waals surface area contributed by atoms with E-state index in [1.165, 1.54) is 11.1 Å². The van der Waals surface area contributed by atoms with E-state index in [-0.39, 0.29) is 5.41 Å². The average molecular weight is 378 g/mol. The molecule has 2 fully saturated rings. The largest absolute Gasteiger partial charge is 0.493 e. The summed E-state index contributed by atoms with van der Waals surface area (Å²) in [5, 5.41) is 0. The molecule has 1 heterocycles. The Morgan fingerprint density at radius 3 is 2.46 bits per heavy atom. The van der Waals surface area contributed by atoms with Crippen molar-refractivity contribution in [2.75, 3.05) is 19.7 Å². The minimum atomic E-state index is -0.283. The van der Waals surface area contributed by atoms with Gasteiger partial charge in [-0.05, 0) is 55.4 Å². The molecule has 0 bridgehead atoms. The maximum atomic E-state index is 13.6. The van der Waals surface area contributed by atoms with Crippen molar-refractivity contribution in [2.24, 2.45) is 5.92 Å². The molecule has 2 aliphatic rings. The Hall–Kier alpha value is -2.29. The van der Waals surface area contributed by atoms with Crippen LogP contribution in [-0.2, 0) is 16.6 Å². The van der Waals surface area contributed by atoms with Crippen LogP contribution in [0.3, 0.4) is 0 Å². The van der Waals surface area contributed by atoms with Gasteiger partial charge >= 0.3 is 0 Å². The maximum absolute atomic E-state index is 13.6. The van der Waals surface area contributed by atoms with Crippen LogP contribution in [0.15, 0.2) is 54.6 Å². The molecule has 1 unspecified atom stereocenters. The van der Waals surface area contributed by atoms with Gasteiger partial charge < -0.3 is 9.64 Å². The monoisotopic (exact) mass is 377 g/mol. The van der Waals surface area contributed by atoms with Crippen molar-refractivity contribution in [3.63, 3.8) is 0 Å². The third kappa shape index (κ3) is 3.80. The minimum Gasteiger partial charge on any atom is -0.493 e. The highest BCUT2D eigenvalue weighted by Crippen LogP contribution is 2.45. The third-order valence-electron chi connectivity index (χ3n) is 6.57. The lowest BCUT2D eigenvalue weighted by molar-refractivity contribution is -0.143. The number of carbonyl (C=O) groups excluding carboxylic acids is 1. The van der Waals surface area contributed by atoms with Crippen LogP contribution in [0.1, 0.15) is 50.2 Å². The molecule has 4 rings (SSSR count). The number of hydrogen-bond donors (Lipinski definition) is 0. The molecular weight excluding hydrogens is 346 g/mol. The summed E-state index contributed by atoms with van der Waals surface area (Å²) >= 11 is 0. The van der Waals surface area contributed by atoms with E-state index in [0.29, 0.717) is 18.4 Å². The quantitative estimate of drug-likeness (QED) is 0.710. The van der Waals surface area contributed by atoms with Crippen molar-refractivity contribution in [3.8, 4) is 5.75 Å². The predicted molar refractivity (Wildman–Crippen MR) is 113 cm³/mol. The number of piperidine rings is 1. The molecule has 0 N–H and O–H groups in total. The van der Waals surface area contributed by atoms with Crippen LogP contribution in [0.25, 0.3) is 0 Å². The van der Waals surface area contributed by atoms with Crippen molar-refractivity contribution in [3.05, 3.63) is 65.7 Å². The van der Waals surface area contributed by atoms with Crippen molar-refractivity contribution in [1.29, 1.82) is 0 Å². The van der Waals surface area contributed by atoms with E-state index < -0.39 is 0 Å². The van der Waals surface area contributed by atoms with Gasteiger partial charge in [0.15, 0.2) is 0 Å². The molecule has 0 spiro atoms. The Bertz CT molecular complexity index is 780. The van der Waals surface area contributed by atoms with Gasteiger partial charge in [-0.1, -0.05) is 55.8 Å². The number of likely N-dealkylation sites (tertiary alicyclic amines) is 1. The number of nitrogens with zero attached hydrogens (tertiary/aromatic N) is 1. The highest BCUT2D eigenvalue weighted by atomic mass is 16.5. The van der Waals surface area contributed by atoms with Crippen LogP contribution in [-0.4, -0.2) is 30.5 Å². The molecule has 0 aromatic heterocycles. The van der Waals surface area contributed by atoms with Gasteiger partial charge in [-0.2, -0.15) is 0 Å². The minimum absolute atomic E-state index is 0.283. The summed E-state index contributed by atoms with van der Waals surface area (Å²) in [6, 6.07) is 18.7. The number of ether oxygens (including phenoxy) is 1. The fraction of sp³-hybridized carbons (Fsp3) is 0.480. The third-order valence-corrected chi connectivity index (χ3v) is 6.57. The van der Waals surface area contributed by atoms with Gasteiger partial charge in [0, 0.05) is 19.0 Å². The smallest absolute Gasteiger partial charge is 0.233 e. The van der Waals surface area contributed by atoms with Gasteiger partial charge in [0.05, 0.1) is 12.0 Å². The zero-order valence-corrected chi connectivity index (χ0v) is 16.9. The Balaban J connectivity index is 1.42. The normalized spacial score (nSPS) is 21.0. The van der Waals surface area contributed by atoms with Crippen molar-refractivity contribution < 1.29 is 9.53 Å². The molecule has 148 valence electrons. The van der Waals surface area contributed by atoms with Gasteiger partial charge in [0.1, 0.15) is 5.75 Å². The molecule has 1 saturated carbocycles. The predicted octanol–water partition coefficient (Wildman–Crippen LogP) is 4.99. The fourth-order valence-electron chi connectivity index (χ4n) is 4.63. The number of para-hydroxylation sites is 1. The van der Waals surface area contributed by atoms with E-state index in [9.17, 15) is 4.79 Å². The highest BCUT2D eigenvalue weighted by molar-refractivity contribution is 5.89. The standard InChI is InChI=1S/C25H31NO2/c1-2-20-11-13-22(14-12-20)25(15-7-16-25)24(27)26-17-6-8-21(18-26)19-28-23-9-4-3-5-10-23/h3-5,9-14,21H,2,6-8,15-19H2,1H3. The molecule has 1 atom stereocenters. The van der Waals surface area contributed by atoms with Gasteiger partial charge in [0.2, 0.25) is 5.91 Å². The first kappa shape index (κ1) is 19.0. The van der Waals surface area contributed by atoms with E-state index in [1.807, 2.05) is 30.3 Å². The van der Waals surface area contributed by atoms with Gasteiger partial charge in [-0.25, -0.2) is 0 Å². The number of carbonyl (C=O) groups is 1. The zero-order chi connectivity index (χ0) is 19.4. The van der Waals surface area contributed by atoms with Gasteiger partial charge in [-0.3, -0.25) is 4.79 Å². The summed E-state index contributed by atoms with van der Waals surface area (Å²) in [6.07, 6.45) is 6.36. The van der Waals surface area contributed by atoms with Gasteiger partial charge in [0.25, 0.3) is 0 Å². The van der Waals surface area contributed by atoms with Crippen LogP contribution in [0, 0.1) is 5.92 Å². The summed E-state index contributed by atoms with van der Waals surface area (Å²) in [6.45, 7) is 4.56. The number of amides is 1. The van der Waals surface area contributed by atoms with Crippen molar-refractivity contribution in [1.82, 2.24) is 4.90 Å². The topological polar surface area (TPSA) is 29.5 Å². The van der Waals surface area contributed by atoms with E-state index >= 15 is 0 Å². The fourth-order valence-corrected chi connectivity index (χ4v) is 4.63. The van der Waals surface area contributed by atoms with E-state index in [4.69, 9.17) is 4.74 Å². The molecule has 3 nitrogen and oxygen atoms in total. The number of benzene rings is 2. The summed E-state index contributed by atoms with van der Waals surface area (Å²) in [4.78, 5) is 15.7. The number of aryl methyl sites for hydroxylation is 1. The SMILES string of the molecule is CCc1ccc(C2(C(=O)N3CCCC(COc4ccccc4)C3)CCC2)cc1. The first-order chi connectivity index (χ1) is 13.7. The first-order valence-electron chi connectivity index (χ1n) is 10.8. The Morgan fingerprint density at radius 1 is 1.07 bits per heavy atom. The summed E-state index contributed by atoms with van der Waals surface area (Å²) in [5.74, 6) is 1.67. The molecule has 2 aromatic carbocycles. The lowest BCUT2D eigenvalue weighted by Crippen LogP contribution is -2.54. The van der Waals surface area contributed by atoms with E-state index in [0.717, 1.165) is 57.4 Å². The van der Waals surface area contributed by atoms with Crippen molar-refractivity contribution in [2.45, 2.75) is 50.9 Å². The number of hydrogen-bond acceptors (Lipinski definition) is 2.